The molecule has 3 nitrogen and oxygen atoms in total. The summed E-state index contributed by atoms with van der Waals surface area (Å²) in [6.07, 6.45) is 0. The summed E-state index contributed by atoms with van der Waals surface area (Å²) >= 11 is 0. The highest BCUT2D eigenvalue weighted by molar-refractivity contribution is 5.68. The Bertz CT molecular complexity index is 636. The van der Waals surface area contributed by atoms with Crippen LogP contribution in [0.5, 0.6) is 0 Å². The zero-order valence-electron chi connectivity index (χ0n) is 12.6. The van der Waals surface area contributed by atoms with Crippen LogP contribution in [0.3, 0.4) is 0 Å². The number of aryl methyl sites for hydroxylation is 1. The highest BCUT2D eigenvalue weighted by atomic mass is 19.1. The second-order valence-corrected chi connectivity index (χ2v) is 5.27. The maximum atomic E-state index is 13.8. The summed E-state index contributed by atoms with van der Waals surface area (Å²) in [5, 5.41) is 3.08. The molecule has 2 rings (SSSR count). The molecule has 1 aromatic carbocycles. The summed E-state index contributed by atoms with van der Waals surface area (Å²) in [6, 6.07) is 5.21. The van der Waals surface area contributed by atoms with Gasteiger partial charge in [-0.3, -0.25) is 0 Å². The topological polar surface area (TPSA) is 37.8 Å². The van der Waals surface area contributed by atoms with Gasteiger partial charge in [0.25, 0.3) is 0 Å². The number of hydrogen-bond donors (Lipinski definition) is 1. The zero-order chi connectivity index (χ0) is 14.9. The van der Waals surface area contributed by atoms with Crippen molar-refractivity contribution < 1.29 is 4.39 Å². The quantitative estimate of drug-likeness (QED) is 0.916. The summed E-state index contributed by atoms with van der Waals surface area (Å²) in [7, 11) is 1.83. The van der Waals surface area contributed by atoms with Crippen LogP contribution in [-0.4, -0.2) is 17.0 Å². The Morgan fingerprint density at radius 1 is 1.15 bits per heavy atom. The van der Waals surface area contributed by atoms with E-state index in [0.717, 1.165) is 28.5 Å². The van der Waals surface area contributed by atoms with Crippen LogP contribution in [0.2, 0.25) is 0 Å². The first-order valence-electron chi connectivity index (χ1n) is 6.76. The Balaban J connectivity index is 2.65. The van der Waals surface area contributed by atoms with Crippen molar-refractivity contribution in [3.63, 3.8) is 0 Å². The summed E-state index contributed by atoms with van der Waals surface area (Å²) < 4.78 is 13.8. The highest BCUT2D eigenvalue weighted by Gasteiger charge is 2.14. The Morgan fingerprint density at radius 2 is 1.85 bits per heavy atom. The van der Waals surface area contributed by atoms with E-state index in [2.05, 4.69) is 15.3 Å². The lowest BCUT2D eigenvalue weighted by molar-refractivity contribution is 0.619. The van der Waals surface area contributed by atoms with Crippen LogP contribution >= 0.6 is 0 Å². The molecule has 0 bridgehead atoms. The monoisotopic (exact) mass is 273 g/mol. The number of hydrogen-bond acceptors (Lipinski definition) is 3. The first kappa shape index (κ1) is 14.4. The van der Waals surface area contributed by atoms with Crippen molar-refractivity contribution in [3.05, 3.63) is 41.0 Å². The van der Waals surface area contributed by atoms with Gasteiger partial charge in [0, 0.05) is 24.1 Å². The average molecular weight is 273 g/mol. The fourth-order valence-electron chi connectivity index (χ4n) is 2.06. The van der Waals surface area contributed by atoms with Gasteiger partial charge in [-0.05, 0) is 25.5 Å². The van der Waals surface area contributed by atoms with Gasteiger partial charge in [-0.1, -0.05) is 26.0 Å². The fourth-order valence-corrected chi connectivity index (χ4v) is 2.06. The lowest BCUT2D eigenvalue weighted by atomic mass is 10.0. The van der Waals surface area contributed by atoms with E-state index in [4.69, 9.17) is 0 Å². The third kappa shape index (κ3) is 2.64. The van der Waals surface area contributed by atoms with E-state index >= 15 is 0 Å². The van der Waals surface area contributed by atoms with Crippen LogP contribution < -0.4 is 5.32 Å². The van der Waals surface area contributed by atoms with Gasteiger partial charge in [0.2, 0.25) is 0 Å². The molecule has 0 unspecified atom stereocenters. The smallest absolute Gasteiger partial charge is 0.133 e. The van der Waals surface area contributed by atoms with Crippen LogP contribution in [0.15, 0.2) is 18.2 Å². The summed E-state index contributed by atoms with van der Waals surface area (Å²) in [4.78, 5) is 9.10. The zero-order valence-corrected chi connectivity index (χ0v) is 12.6. The molecule has 0 saturated heterocycles. The minimum absolute atomic E-state index is 0.211. The van der Waals surface area contributed by atoms with Crippen molar-refractivity contribution >= 4 is 5.82 Å². The van der Waals surface area contributed by atoms with Crippen molar-refractivity contribution in [2.45, 2.75) is 33.6 Å². The molecule has 4 heteroatoms. The molecule has 0 radical (unpaired) electrons. The first-order valence-corrected chi connectivity index (χ1v) is 6.76. The Kier molecular flexibility index (Phi) is 4.02. The Labute approximate surface area is 119 Å². The minimum Gasteiger partial charge on any atom is -0.373 e. The van der Waals surface area contributed by atoms with E-state index in [1.54, 1.807) is 13.0 Å². The van der Waals surface area contributed by atoms with E-state index in [0.29, 0.717) is 5.56 Å². The molecule has 0 spiro atoms. The molecule has 0 amide bonds. The van der Waals surface area contributed by atoms with Gasteiger partial charge < -0.3 is 5.32 Å². The molecule has 1 N–H and O–H groups in total. The summed E-state index contributed by atoms with van der Waals surface area (Å²) in [6.45, 7) is 7.79. The predicted molar refractivity (Wildman–Crippen MR) is 80.5 cm³/mol. The van der Waals surface area contributed by atoms with Gasteiger partial charge in [0.1, 0.15) is 17.5 Å². The number of rotatable bonds is 3. The minimum atomic E-state index is -0.211. The van der Waals surface area contributed by atoms with E-state index in [1.165, 1.54) is 6.07 Å². The highest BCUT2D eigenvalue weighted by Crippen LogP contribution is 2.28. The second-order valence-electron chi connectivity index (χ2n) is 5.27. The maximum absolute atomic E-state index is 13.8. The van der Waals surface area contributed by atoms with Crippen LogP contribution in [0.25, 0.3) is 11.3 Å². The molecule has 1 heterocycles. The Morgan fingerprint density at radius 3 is 2.40 bits per heavy atom. The third-order valence-electron chi connectivity index (χ3n) is 3.36. The molecule has 2 aromatic rings. The molecule has 0 atom stereocenters. The molecular weight excluding hydrogens is 253 g/mol. The molecular formula is C16H20FN3. The SMILES string of the molecule is CNc1nc(C(C)C)nc(-c2ccc(C)c(F)c2)c1C. The van der Waals surface area contributed by atoms with Crippen LogP contribution in [-0.2, 0) is 0 Å². The van der Waals surface area contributed by atoms with Crippen molar-refractivity contribution in [2.24, 2.45) is 0 Å². The number of nitrogens with one attached hydrogen (secondary N) is 1. The third-order valence-corrected chi connectivity index (χ3v) is 3.36. The first-order chi connectivity index (χ1) is 9.43. The largest absolute Gasteiger partial charge is 0.373 e. The van der Waals surface area contributed by atoms with Gasteiger partial charge in [0.15, 0.2) is 0 Å². The molecule has 20 heavy (non-hydrogen) atoms. The van der Waals surface area contributed by atoms with Crippen molar-refractivity contribution in [3.8, 4) is 11.3 Å². The van der Waals surface area contributed by atoms with E-state index in [-0.39, 0.29) is 11.7 Å². The summed E-state index contributed by atoms with van der Waals surface area (Å²) in [5.41, 5.74) is 3.14. The number of aromatic nitrogens is 2. The predicted octanol–water partition coefficient (Wildman–Crippen LogP) is 4.06. The van der Waals surface area contributed by atoms with Gasteiger partial charge in [-0.2, -0.15) is 0 Å². The lowest BCUT2D eigenvalue weighted by Crippen LogP contribution is -2.06. The average Bonchev–Trinajstić information content (AvgIpc) is 2.42. The number of nitrogens with zero attached hydrogens (tertiary/aromatic N) is 2. The van der Waals surface area contributed by atoms with Gasteiger partial charge in [0.05, 0.1) is 5.69 Å². The van der Waals surface area contributed by atoms with Crippen LogP contribution in [0.1, 0.15) is 36.7 Å². The standard InChI is InChI=1S/C16H20FN3/c1-9(2)15-19-14(11(4)16(18-5)20-15)12-7-6-10(3)13(17)8-12/h6-9H,1-5H3,(H,18,19,20). The molecule has 106 valence electrons. The molecule has 0 fully saturated rings. The number of benzene rings is 1. The van der Waals surface area contributed by atoms with E-state index in [1.807, 2.05) is 33.9 Å². The summed E-state index contributed by atoms with van der Waals surface area (Å²) in [5.74, 6) is 1.56. The second kappa shape index (κ2) is 5.57. The molecule has 0 saturated carbocycles. The molecule has 0 aliphatic carbocycles. The fraction of sp³-hybridized carbons (Fsp3) is 0.375. The van der Waals surface area contributed by atoms with Crippen LogP contribution in [0.4, 0.5) is 10.2 Å². The Hall–Kier alpha value is -1.97. The normalized spacial score (nSPS) is 10.9. The lowest BCUT2D eigenvalue weighted by Gasteiger charge is -2.14. The number of anilines is 1. The van der Waals surface area contributed by atoms with Crippen molar-refractivity contribution in [1.29, 1.82) is 0 Å². The number of halogens is 1. The van der Waals surface area contributed by atoms with Gasteiger partial charge in [-0.25, -0.2) is 14.4 Å². The van der Waals surface area contributed by atoms with E-state index in [9.17, 15) is 4.39 Å². The molecule has 1 aromatic heterocycles. The van der Waals surface area contributed by atoms with Crippen molar-refractivity contribution in [1.82, 2.24) is 9.97 Å². The van der Waals surface area contributed by atoms with Crippen molar-refractivity contribution in [2.75, 3.05) is 12.4 Å². The maximum Gasteiger partial charge on any atom is 0.133 e. The molecule has 0 aliphatic rings. The van der Waals surface area contributed by atoms with Crippen LogP contribution in [0, 0.1) is 19.7 Å². The van der Waals surface area contributed by atoms with E-state index < -0.39 is 0 Å². The molecule has 0 aliphatic heterocycles. The van der Waals surface area contributed by atoms with Gasteiger partial charge >= 0.3 is 0 Å². The van der Waals surface area contributed by atoms with Gasteiger partial charge in [-0.15, -0.1) is 0 Å².